The molecule has 0 aromatic rings. The fourth-order valence-corrected chi connectivity index (χ4v) is 0. The SMILES string of the molecule is CC(C)(C)[O-].[K]. The Hall–Kier alpha value is 1.60. The van der Waals surface area contributed by atoms with Crippen LogP contribution in [0.4, 0.5) is 0 Å². The Bertz CT molecular complexity index is 23.0. The maximum absolute atomic E-state index is 10.1. The van der Waals surface area contributed by atoms with Crippen molar-refractivity contribution in [2.45, 2.75) is 26.4 Å². The summed E-state index contributed by atoms with van der Waals surface area (Å²) in [5.41, 5.74) is -0.750. The van der Waals surface area contributed by atoms with Gasteiger partial charge in [0.05, 0.1) is 0 Å². The monoisotopic (exact) mass is 112 g/mol. The van der Waals surface area contributed by atoms with Gasteiger partial charge in [0.2, 0.25) is 0 Å². The zero-order chi connectivity index (χ0) is 4.50. The van der Waals surface area contributed by atoms with Crippen molar-refractivity contribution in [1.29, 1.82) is 0 Å². The Morgan fingerprint density at radius 1 is 1.17 bits per heavy atom. The predicted octanol–water partition coefficient (Wildman–Crippen LogP) is -0.236. The van der Waals surface area contributed by atoms with Crippen LogP contribution >= 0.6 is 0 Å². The van der Waals surface area contributed by atoms with E-state index < -0.39 is 5.60 Å². The summed E-state index contributed by atoms with van der Waals surface area (Å²) in [6.45, 7) is 4.90. The Balaban J connectivity index is 0. The van der Waals surface area contributed by atoms with Gasteiger partial charge in [-0.05, 0) is 0 Å². The zero-order valence-electron chi connectivity index (χ0n) is 4.91. The van der Waals surface area contributed by atoms with Crippen LogP contribution in [0.15, 0.2) is 0 Å². The van der Waals surface area contributed by atoms with Crippen molar-refractivity contribution in [3.05, 3.63) is 0 Å². The molecule has 0 saturated heterocycles. The smallest absolute Gasteiger partial charge is 0 e. The third-order valence-electron chi connectivity index (χ3n) is 0. The number of hydrogen-bond donors (Lipinski definition) is 0. The minimum absolute atomic E-state index is 0. The Labute approximate surface area is 81.6 Å². The van der Waals surface area contributed by atoms with Gasteiger partial charge in [0.1, 0.15) is 0 Å². The summed E-state index contributed by atoms with van der Waals surface area (Å²) in [6.07, 6.45) is 0. The van der Waals surface area contributed by atoms with Gasteiger partial charge in [-0.1, -0.05) is 20.8 Å². The van der Waals surface area contributed by atoms with Crippen LogP contribution in [0, 0.1) is 0 Å². The van der Waals surface area contributed by atoms with E-state index >= 15 is 0 Å². The van der Waals surface area contributed by atoms with E-state index in [4.69, 9.17) is 0 Å². The average Bonchev–Trinajstić information content (AvgIpc) is 0.722. The van der Waals surface area contributed by atoms with Crippen molar-refractivity contribution in [3.8, 4) is 0 Å². The number of hydrogen-bond acceptors (Lipinski definition) is 1. The minimum atomic E-state index is -0.750. The molecule has 0 heterocycles. The molecule has 0 aromatic carbocycles. The molecule has 0 saturated carbocycles. The van der Waals surface area contributed by atoms with E-state index in [-0.39, 0.29) is 51.4 Å². The van der Waals surface area contributed by atoms with E-state index in [0.29, 0.717) is 0 Å². The van der Waals surface area contributed by atoms with Gasteiger partial charge in [0.25, 0.3) is 0 Å². The first-order valence-corrected chi connectivity index (χ1v) is 1.70. The van der Waals surface area contributed by atoms with Crippen molar-refractivity contribution in [2.24, 2.45) is 0 Å². The summed E-state index contributed by atoms with van der Waals surface area (Å²) in [6, 6.07) is 0. The van der Waals surface area contributed by atoms with Crippen LogP contribution in [-0.4, -0.2) is 57.0 Å². The van der Waals surface area contributed by atoms with Gasteiger partial charge in [0.15, 0.2) is 0 Å². The van der Waals surface area contributed by atoms with Crippen LogP contribution in [0.25, 0.3) is 0 Å². The van der Waals surface area contributed by atoms with E-state index in [1.54, 1.807) is 20.8 Å². The predicted molar refractivity (Wildman–Crippen MR) is 25.5 cm³/mol. The minimum Gasteiger partial charge on any atom is -0.850 e. The molecule has 0 aliphatic rings. The quantitative estimate of drug-likeness (QED) is 0.397. The molecule has 2 heteroatoms. The Kier molecular flexibility index (Phi) is 6.30. The summed E-state index contributed by atoms with van der Waals surface area (Å²) in [4.78, 5) is 0. The molecule has 0 N–H and O–H groups in total. The van der Waals surface area contributed by atoms with Crippen molar-refractivity contribution in [1.82, 2.24) is 0 Å². The van der Waals surface area contributed by atoms with Gasteiger partial charge in [0, 0.05) is 51.4 Å². The molecule has 0 aliphatic carbocycles. The molecular weight excluding hydrogens is 103 g/mol. The van der Waals surface area contributed by atoms with E-state index in [0.717, 1.165) is 0 Å². The van der Waals surface area contributed by atoms with Gasteiger partial charge in [-0.15, -0.1) is 5.60 Å². The summed E-state index contributed by atoms with van der Waals surface area (Å²) in [5, 5.41) is 10.1. The maximum Gasteiger partial charge on any atom is 0 e. The van der Waals surface area contributed by atoms with E-state index in [2.05, 4.69) is 0 Å². The molecule has 0 rings (SSSR count). The average molecular weight is 112 g/mol. The van der Waals surface area contributed by atoms with Crippen LogP contribution in [0.2, 0.25) is 0 Å². The molecule has 0 aliphatic heterocycles. The zero-order valence-corrected chi connectivity index (χ0v) is 8.03. The van der Waals surface area contributed by atoms with Crippen molar-refractivity contribution < 1.29 is 5.11 Å². The second-order valence-electron chi connectivity index (χ2n) is 2.11. The second kappa shape index (κ2) is 3.58. The first-order valence-electron chi connectivity index (χ1n) is 1.70. The van der Waals surface area contributed by atoms with E-state index in [9.17, 15) is 5.11 Å². The summed E-state index contributed by atoms with van der Waals surface area (Å²) < 4.78 is 0. The standard InChI is InChI=1S/C4H9O.K/c1-4(2,3)5;/h1-3H3;/q-1;. The normalized spacial score (nSPS) is 10.0. The van der Waals surface area contributed by atoms with Crippen LogP contribution in [-0.2, 0) is 0 Å². The fourth-order valence-electron chi connectivity index (χ4n) is 0. The maximum atomic E-state index is 10.1. The summed E-state index contributed by atoms with van der Waals surface area (Å²) in [7, 11) is 0. The fraction of sp³-hybridized carbons (Fsp3) is 1.00. The summed E-state index contributed by atoms with van der Waals surface area (Å²) in [5.74, 6) is 0. The Morgan fingerprint density at radius 2 is 1.17 bits per heavy atom. The van der Waals surface area contributed by atoms with Crippen molar-refractivity contribution in [3.63, 3.8) is 0 Å². The molecule has 0 unspecified atom stereocenters. The van der Waals surface area contributed by atoms with Crippen LogP contribution < -0.4 is 5.11 Å². The molecule has 0 atom stereocenters. The molecule has 1 nitrogen and oxygen atoms in total. The molecule has 6 heavy (non-hydrogen) atoms. The van der Waals surface area contributed by atoms with E-state index in [1.807, 2.05) is 0 Å². The van der Waals surface area contributed by atoms with Gasteiger partial charge < -0.3 is 5.11 Å². The van der Waals surface area contributed by atoms with Gasteiger partial charge in [-0.3, -0.25) is 0 Å². The Morgan fingerprint density at radius 3 is 1.17 bits per heavy atom. The van der Waals surface area contributed by atoms with Crippen molar-refractivity contribution >= 4 is 51.4 Å². The van der Waals surface area contributed by atoms with Gasteiger partial charge >= 0.3 is 0 Å². The van der Waals surface area contributed by atoms with Crippen LogP contribution in [0.5, 0.6) is 0 Å². The van der Waals surface area contributed by atoms with Gasteiger partial charge in [-0.2, -0.15) is 0 Å². The first-order chi connectivity index (χ1) is 2.00. The van der Waals surface area contributed by atoms with Crippen molar-refractivity contribution in [2.75, 3.05) is 0 Å². The molecule has 33 valence electrons. The molecule has 0 amide bonds. The second-order valence-corrected chi connectivity index (χ2v) is 2.11. The summed E-state index contributed by atoms with van der Waals surface area (Å²) >= 11 is 0. The molecule has 0 aromatic heterocycles. The van der Waals surface area contributed by atoms with Gasteiger partial charge in [-0.25, -0.2) is 0 Å². The molecule has 0 spiro atoms. The third-order valence-corrected chi connectivity index (χ3v) is 0. The van der Waals surface area contributed by atoms with Crippen LogP contribution in [0.1, 0.15) is 20.8 Å². The molecule has 0 bridgehead atoms. The molecule has 1 radical (unpaired) electrons. The first kappa shape index (κ1) is 10.6. The topological polar surface area (TPSA) is 23.1 Å². The third kappa shape index (κ3) is 46.4. The largest absolute Gasteiger partial charge is 0.850 e. The molecule has 0 fully saturated rings. The molecular formula is C4H9KO-. The van der Waals surface area contributed by atoms with E-state index in [1.165, 1.54) is 0 Å². The number of rotatable bonds is 0. The van der Waals surface area contributed by atoms with Crippen LogP contribution in [0.3, 0.4) is 0 Å².